The van der Waals surface area contributed by atoms with E-state index in [-0.39, 0.29) is 23.8 Å². The van der Waals surface area contributed by atoms with Crippen LogP contribution < -0.4 is 9.47 Å². The number of methoxy groups -OCH3 is 1. The van der Waals surface area contributed by atoms with Gasteiger partial charge in [-0.15, -0.1) is 11.3 Å². The van der Waals surface area contributed by atoms with E-state index in [4.69, 9.17) is 14.2 Å². The topological polar surface area (TPSA) is 90.9 Å². The van der Waals surface area contributed by atoms with Crippen LogP contribution in [0.1, 0.15) is 31.3 Å². The van der Waals surface area contributed by atoms with Crippen molar-refractivity contribution in [2.24, 2.45) is 0 Å². The molecule has 3 aromatic rings. The van der Waals surface area contributed by atoms with Gasteiger partial charge in [0.15, 0.2) is 11.5 Å². The van der Waals surface area contributed by atoms with E-state index in [9.17, 15) is 9.59 Å². The summed E-state index contributed by atoms with van der Waals surface area (Å²) < 4.78 is 15.6. The Morgan fingerprint density at radius 3 is 2.79 bits per heavy atom. The molecule has 0 bridgehead atoms. The first-order valence-corrected chi connectivity index (χ1v) is 9.62. The second-order valence-electron chi connectivity index (χ2n) is 6.19. The number of carbonyl (C=O) groups excluding carboxylic acids is 2. The fourth-order valence-electron chi connectivity index (χ4n) is 2.98. The fraction of sp³-hybridized carbons (Fsp3) is 0.200. The van der Waals surface area contributed by atoms with Gasteiger partial charge in [-0.05, 0) is 23.8 Å². The van der Waals surface area contributed by atoms with Crippen molar-refractivity contribution in [1.82, 2.24) is 14.9 Å². The summed E-state index contributed by atoms with van der Waals surface area (Å²) in [6.07, 6.45) is 4.52. The third-order valence-corrected chi connectivity index (χ3v) is 5.13. The number of benzene rings is 1. The number of pyridine rings is 1. The number of ether oxygens (including phenoxy) is 3. The molecule has 1 amide bonds. The summed E-state index contributed by atoms with van der Waals surface area (Å²) in [4.78, 5) is 35.4. The second kappa shape index (κ2) is 8.27. The molecule has 1 aliphatic rings. The molecule has 0 aliphatic carbocycles. The molecular weight excluding hydrogens is 394 g/mol. The van der Waals surface area contributed by atoms with Crippen molar-refractivity contribution < 1.29 is 23.8 Å². The highest BCUT2D eigenvalue weighted by Crippen LogP contribution is 2.33. The standard InChI is InChI=1S/C20H17N3O5S/c1-26-20(25)14-4-5-21-9-15(14)19(24)23(11-18-22-6-7-29-18)10-13-2-3-16-17(8-13)28-12-27-16/h2-9H,10-12H2,1H3. The van der Waals surface area contributed by atoms with E-state index in [0.717, 1.165) is 10.6 Å². The predicted octanol–water partition coefficient (Wildman–Crippen LogP) is 2.90. The molecule has 148 valence electrons. The summed E-state index contributed by atoms with van der Waals surface area (Å²) in [6.45, 7) is 0.768. The maximum atomic E-state index is 13.3. The number of fused-ring (bicyclic) bond motifs is 1. The molecule has 0 atom stereocenters. The lowest BCUT2D eigenvalue weighted by molar-refractivity contribution is 0.0588. The summed E-state index contributed by atoms with van der Waals surface area (Å²) in [7, 11) is 1.27. The highest BCUT2D eigenvalue weighted by atomic mass is 32.1. The fourth-order valence-corrected chi connectivity index (χ4v) is 3.61. The van der Waals surface area contributed by atoms with Crippen LogP contribution in [-0.4, -0.2) is 40.6 Å². The monoisotopic (exact) mass is 411 g/mol. The molecule has 0 N–H and O–H groups in total. The zero-order chi connectivity index (χ0) is 20.2. The number of hydrogen-bond donors (Lipinski definition) is 0. The largest absolute Gasteiger partial charge is 0.465 e. The number of carbonyl (C=O) groups is 2. The average Bonchev–Trinajstić information content (AvgIpc) is 3.43. The summed E-state index contributed by atoms with van der Waals surface area (Å²) >= 11 is 1.45. The Kier molecular flexibility index (Phi) is 5.39. The van der Waals surface area contributed by atoms with Crippen molar-refractivity contribution in [2.45, 2.75) is 13.1 Å². The van der Waals surface area contributed by atoms with Gasteiger partial charge in [0.1, 0.15) is 5.01 Å². The Morgan fingerprint density at radius 2 is 2.00 bits per heavy atom. The van der Waals surface area contributed by atoms with E-state index in [0.29, 0.717) is 24.6 Å². The van der Waals surface area contributed by atoms with Gasteiger partial charge in [-0.1, -0.05) is 6.07 Å². The minimum Gasteiger partial charge on any atom is -0.465 e. The van der Waals surface area contributed by atoms with E-state index in [1.807, 2.05) is 23.6 Å². The van der Waals surface area contributed by atoms with Crippen molar-refractivity contribution in [3.05, 3.63) is 69.9 Å². The molecule has 29 heavy (non-hydrogen) atoms. The van der Waals surface area contributed by atoms with Gasteiger partial charge in [-0.2, -0.15) is 0 Å². The van der Waals surface area contributed by atoms with E-state index < -0.39 is 5.97 Å². The minimum atomic E-state index is -0.590. The number of esters is 1. The van der Waals surface area contributed by atoms with Crippen molar-refractivity contribution >= 4 is 23.2 Å². The summed E-state index contributed by atoms with van der Waals surface area (Å²) in [6, 6.07) is 7.00. The molecule has 0 fully saturated rings. The van der Waals surface area contributed by atoms with Crippen LogP contribution in [0.4, 0.5) is 0 Å². The normalized spacial score (nSPS) is 11.9. The Hall–Kier alpha value is -3.46. The van der Waals surface area contributed by atoms with E-state index in [2.05, 4.69) is 9.97 Å². The molecule has 0 saturated heterocycles. The molecule has 9 heteroatoms. The molecule has 3 heterocycles. The smallest absolute Gasteiger partial charge is 0.338 e. The molecule has 8 nitrogen and oxygen atoms in total. The zero-order valence-corrected chi connectivity index (χ0v) is 16.3. The maximum absolute atomic E-state index is 13.3. The lowest BCUT2D eigenvalue weighted by Gasteiger charge is -2.23. The molecule has 0 spiro atoms. The van der Waals surface area contributed by atoms with E-state index in [1.54, 1.807) is 11.1 Å². The Bertz CT molecular complexity index is 1040. The number of amides is 1. The summed E-state index contributed by atoms with van der Waals surface area (Å²) in [5.41, 5.74) is 1.21. The van der Waals surface area contributed by atoms with Gasteiger partial charge >= 0.3 is 5.97 Å². The van der Waals surface area contributed by atoms with Crippen molar-refractivity contribution in [1.29, 1.82) is 0 Å². The number of thiazole rings is 1. The second-order valence-corrected chi connectivity index (χ2v) is 7.17. The molecular formula is C20H17N3O5S. The van der Waals surface area contributed by atoms with Gasteiger partial charge in [0, 0.05) is 30.5 Å². The van der Waals surface area contributed by atoms with Crippen LogP contribution in [0, 0.1) is 0 Å². The lowest BCUT2D eigenvalue weighted by atomic mass is 10.1. The molecule has 1 aromatic carbocycles. The quantitative estimate of drug-likeness (QED) is 0.576. The van der Waals surface area contributed by atoms with Gasteiger partial charge in [0.25, 0.3) is 5.91 Å². The van der Waals surface area contributed by atoms with Crippen LogP contribution in [0.2, 0.25) is 0 Å². The zero-order valence-electron chi connectivity index (χ0n) is 15.5. The highest BCUT2D eigenvalue weighted by Gasteiger charge is 2.24. The van der Waals surface area contributed by atoms with Gasteiger partial charge in [-0.25, -0.2) is 9.78 Å². The SMILES string of the molecule is COC(=O)c1ccncc1C(=O)N(Cc1ccc2c(c1)OCO2)Cc1nccs1. The number of rotatable bonds is 6. The molecule has 1 aliphatic heterocycles. The average molecular weight is 411 g/mol. The summed E-state index contributed by atoms with van der Waals surface area (Å²) in [5, 5.41) is 2.63. The van der Waals surface area contributed by atoms with Crippen LogP contribution in [0.15, 0.2) is 48.2 Å². The predicted molar refractivity (Wildman–Crippen MR) is 104 cm³/mol. The van der Waals surface area contributed by atoms with Crippen molar-refractivity contribution in [2.75, 3.05) is 13.9 Å². The molecule has 0 saturated carbocycles. The first kappa shape index (κ1) is 18.9. The van der Waals surface area contributed by atoms with Crippen LogP contribution in [-0.2, 0) is 17.8 Å². The van der Waals surface area contributed by atoms with Crippen LogP contribution in [0.3, 0.4) is 0 Å². The van der Waals surface area contributed by atoms with Crippen LogP contribution >= 0.6 is 11.3 Å². The summed E-state index contributed by atoms with van der Waals surface area (Å²) in [5.74, 6) is 0.381. The van der Waals surface area contributed by atoms with E-state index >= 15 is 0 Å². The van der Waals surface area contributed by atoms with E-state index in [1.165, 1.54) is 36.9 Å². The molecule has 0 radical (unpaired) electrons. The first-order valence-electron chi connectivity index (χ1n) is 8.74. The maximum Gasteiger partial charge on any atom is 0.338 e. The van der Waals surface area contributed by atoms with Gasteiger partial charge < -0.3 is 19.1 Å². The third kappa shape index (κ3) is 4.04. The lowest BCUT2D eigenvalue weighted by Crippen LogP contribution is -2.31. The third-order valence-electron chi connectivity index (χ3n) is 4.36. The van der Waals surface area contributed by atoms with Crippen molar-refractivity contribution in [3.8, 4) is 11.5 Å². The highest BCUT2D eigenvalue weighted by molar-refractivity contribution is 7.09. The van der Waals surface area contributed by atoms with Crippen LogP contribution in [0.5, 0.6) is 11.5 Å². The Morgan fingerprint density at radius 1 is 1.14 bits per heavy atom. The molecule has 0 unspecified atom stereocenters. The van der Waals surface area contributed by atoms with Gasteiger partial charge in [0.05, 0.1) is 24.8 Å². The van der Waals surface area contributed by atoms with Gasteiger partial charge in [0.2, 0.25) is 6.79 Å². The van der Waals surface area contributed by atoms with Gasteiger partial charge in [-0.3, -0.25) is 9.78 Å². The Labute approximate surface area is 170 Å². The number of hydrogen-bond acceptors (Lipinski definition) is 8. The van der Waals surface area contributed by atoms with Crippen molar-refractivity contribution in [3.63, 3.8) is 0 Å². The number of nitrogens with zero attached hydrogens (tertiary/aromatic N) is 3. The first-order chi connectivity index (χ1) is 14.2. The Balaban J connectivity index is 1.65. The minimum absolute atomic E-state index is 0.169. The van der Waals surface area contributed by atoms with Crippen LogP contribution in [0.25, 0.3) is 0 Å². The number of aromatic nitrogens is 2. The molecule has 2 aromatic heterocycles. The molecule has 4 rings (SSSR count).